The van der Waals surface area contributed by atoms with E-state index in [1.807, 2.05) is 72.8 Å². The number of rotatable bonds is 0. The smallest absolute Gasteiger partial charge is 0.229 e. The Kier molecular flexibility index (Phi) is 2.66. The lowest BCUT2D eigenvalue weighted by molar-refractivity contribution is 0.666. The van der Waals surface area contributed by atoms with Gasteiger partial charge in [0.05, 0.1) is 0 Å². The van der Waals surface area contributed by atoms with Crippen LogP contribution in [0.25, 0.3) is 76.2 Å². The fourth-order valence-electron chi connectivity index (χ4n) is 5.33. The van der Waals surface area contributed by atoms with Gasteiger partial charge in [-0.15, -0.1) is 0 Å². The zero-order chi connectivity index (χ0) is 21.1. The van der Waals surface area contributed by atoms with Gasteiger partial charge in [0, 0.05) is 32.3 Å². The maximum Gasteiger partial charge on any atom is 0.229 e. The van der Waals surface area contributed by atoms with Crippen molar-refractivity contribution < 1.29 is 8.83 Å². The molecule has 0 fully saturated rings. The van der Waals surface area contributed by atoms with Crippen LogP contribution in [0.15, 0.2) is 91.2 Å². The van der Waals surface area contributed by atoms with Gasteiger partial charge in [-0.3, -0.25) is 9.59 Å². The molecule has 0 aliphatic carbocycles. The van der Waals surface area contributed by atoms with Gasteiger partial charge in [-0.05, 0) is 57.9 Å². The Hall–Kier alpha value is -4.44. The molecule has 0 saturated heterocycles. The molecule has 4 nitrogen and oxygen atoms in total. The average Bonchev–Trinajstić information content (AvgIpc) is 3.52. The van der Waals surface area contributed by atoms with Gasteiger partial charge >= 0.3 is 0 Å². The largest absolute Gasteiger partial charge is 0.452 e. The van der Waals surface area contributed by atoms with E-state index in [0.29, 0.717) is 33.1 Å². The Morgan fingerprint density at radius 3 is 1.34 bits per heavy atom. The van der Waals surface area contributed by atoms with Crippen LogP contribution in [0.2, 0.25) is 0 Å². The van der Waals surface area contributed by atoms with Gasteiger partial charge in [0.15, 0.2) is 11.2 Å². The van der Waals surface area contributed by atoms with Crippen LogP contribution in [0.3, 0.4) is 0 Å². The zero-order valence-electron chi connectivity index (χ0n) is 16.6. The first-order valence-corrected chi connectivity index (χ1v) is 10.4. The van der Waals surface area contributed by atoms with Crippen LogP contribution >= 0.6 is 0 Å². The fourth-order valence-corrected chi connectivity index (χ4v) is 5.33. The highest BCUT2D eigenvalue weighted by Gasteiger charge is 2.21. The summed E-state index contributed by atoms with van der Waals surface area (Å²) in [5, 5.41) is 8.35. The Morgan fingerprint density at radius 2 is 0.875 bits per heavy atom. The van der Waals surface area contributed by atoms with E-state index in [2.05, 4.69) is 0 Å². The molecule has 32 heavy (non-hydrogen) atoms. The van der Waals surface area contributed by atoms with Crippen molar-refractivity contribution in [2.24, 2.45) is 0 Å². The second kappa shape index (κ2) is 5.24. The topological polar surface area (TPSA) is 60.4 Å². The fraction of sp³-hybridized carbons (Fsp3) is 0. The van der Waals surface area contributed by atoms with Gasteiger partial charge in [-0.2, -0.15) is 0 Å². The minimum absolute atomic E-state index is 0.0980. The molecule has 8 aromatic rings. The number of benzene rings is 4. The minimum atomic E-state index is -0.0980. The summed E-state index contributed by atoms with van der Waals surface area (Å²) in [6.07, 6.45) is 0. The molecule has 148 valence electrons. The summed E-state index contributed by atoms with van der Waals surface area (Å²) in [4.78, 5) is 26.3. The summed E-state index contributed by atoms with van der Waals surface area (Å²) < 4.78 is 11.8. The van der Waals surface area contributed by atoms with Crippen molar-refractivity contribution in [1.82, 2.24) is 0 Å². The summed E-state index contributed by atoms with van der Waals surface area (Å²) in [7, 11) is 0. The molecule has 0 saturated carbocycles. The van der Waals surface area contributed by atoms with Crippen LogP contribution in [0.4, 0.5) is 0 Å². The first kappa shape index (κ1) is 16.3. The van der Waals surface area contributed by atoms with Crippen molar-refractivity contribution in [2.75, 3.05) is 0 Å². The molecular weight excluding hydrogens is 400 g/mol. The average molecular weight is 412 g/mol. The van der Waals surface area contributed by atoms with Gasteiger partial charge in [-0.1, -0.05) is 36.4 Å². The van der Waals surface area contributed by atoms with Crippen molar-refractivity contribution in [2.45, 2.75) is 0 Å². The van der Waals surface area contributed by atoms with E-state index in [4.69, 9.17) is 8.83 Å². The highest BCUT2D eigenvalue weighted by Crippen LogP contribution is 2.39. The van der Waals surface area contributed by atoms with Crippen molar-refractivity contribution in [3.8, 4) is 0 Å². The van der Waals surface area contributed by atoms with Crippen LogP contribution in [0, 0.1) is 0 Å². The van der Waals surface area contributed by atoms with Crippen LogP contribution < -0.4 is 10.9 Å². The Balaban J connectivity index is 1.58. The van der Waals surface area contributed by atoms with Crippen LogP contribution in [-0.4, -0.2) is 0 Å². The number of hydrogen-bond acceptors (Lipinski definition) is 4. The summed E-state index contributed by atoms with van der Waals surface area (Å²) >= 11 is 0. The van der Waals surface area contributed by atoms with Crippen molar-refractivity contribution in [1.29, 1.82) is 0 Å². The maximum absolute atomic E-state index is 13.2. The maximum atomic E-state index is 13.2. The molecule has 0 amide bonds. The Bertz CT molecular complexity index is 2020. The van der Waals surface area contributed by atoms with Crippen molar-refractivity contribution in [3.05, 3.63) is 93.2 Å². The molecule has 0 N–H and O–H groups in total. The molecular formula is C28H12O4. The van der Waals surface area contributed by atoms with E-state index in [-0.39, 0.29) is 10.9 Å². The molecule has 0 bridgehead atoms. The number of para-hydroxylation sites is 2. The molecule has 2 aromatic heterocycles. The third-order valence-electron chi connectivity index (χ3n) is 6.74. The Labute approximate surface area is 178 Å². The third kappa shape index (κ3) is 1.76. The van der Waals surface area contributed by atoms with Crippen molar-refractivity contribution >= 4 is 76.2 Å². The highest BCUT2D eigenvalue weighted by molar-refractivity contribution is 6.26. The number of hydrogen-bond donors (Lipinski definition) is 0. The summed E-state index contributed by atoms with van der Waals surface area (Å²) in [6, 6.07) is 23.2. The number of fused-ring (bicyclic) bond motifs is 11. The van der Waals surface area contributed by atoms with Crippen LogP contribution in [0.5, 0.6) is 0 Å². The van der Waals surface area contributed by atoms with E-state index >= 15 is 0 Å². The molecule has 0 radical (unpaired) electrons. The van der Waals surface area contributed by atoms with Gasteiger partial charge in [-0.25, -0.2) is 0 Å². The monoisotopic (exact) mass is 412 g/mol. The molecule has 0 unspecified atom stereocenters. The second-order valence-electron chi connectivity index (χ2n) is 8.41. The lowest BCUT2D eigenvalue weighted by atomic mass is 10.0. The van der Waals surface area contributed by atoms with Gasteiger partial charge in [0.25, 0.3) is 0 Å². The second-order valence-corrected chi connectivity index (χ2v) is 8.41. The molecule has 8 rings (SSSR count). The van der Waals surface area contributed by atoms with E-state index in [9.17, 15) is 9.59 Å². The summed E-state index contributed by atoms with van der Waals surface area (Å²) in [5.74, 6) is 0. The molecule has 0 aliphatic heterocycles. The van der Waals surface area contributed by atoms with Crippen molar-refractivity contribution in [3.63, 3.8) is 0 Å². The highest BCUT2D eigenvalue weighted by atomic mass is 16.3. The zero-order valence-corrected chi connectivity index (χ0v) is 16.6. The molecule has 0 aliphatic rings. The lowest BCUT2D eigenvalue weighted by Crippen LogP contribution is -1.94. The summed E-state index contributed by atoms with van der Waals surface area (Å²) in [6.45, 7) is 0. The summed E-state index contributed by atoms with van der Waals surface area (Å²) in [5.41, 5.74) is 2.00. The Morgan fingerprint density at radius 1 is 0.469 bits per heavy atom. The molecule has 0 spiro atoms. The predicted octanol–water partition coefficient (Wildman–Crippen LogP) is 6.54. The SMILES string of the molecule is O=c1c2cc3cc4c(cc3cc2c2c1oc1ccccc12)c(=O)c1oc2ccccc2c14. The molecule has 6 aromatic carbocycles. The molecule has 2 heterocycles. The van der Waals surface area contributed by atoms with Gasteiger partial charge < -0.3 is 8.83 Å². The standard InChI is InChI=1S/C28H12O4/c29-25-19-11-14-10-18-20(26(30)28-24(18)16-6-2-4-8-22(16)32-28)12-13(14)9-17(19)23-15-5-1-3-7-21(15)31-27(23)25/h1-12H. The van der Waals surface area contributed by atoms with E-state index < -0.39 is 0 Å². The third-order valence-corrected chi connectivity index (χ3v) is 6.74. The lowest BCUT2D eigenvalue weighted by Gasteiger charge is -2.01. The van der Waals surface area contributed by atoms with Crippen LogP contribution in [-0.2, 0) is 0 Å². The minimum Gasteiger partial charge on any atom is -0.452 e. The van der Waals surface area contributed by atoms with E-state index in [0.717, 1.165) is 43.1 Å². The first-order valence-electron chi connectivity index (χ1n) is 10.4. The number of furan rings is 2. The molecule has 0 atom stereocenters. The van der Waals surface area contributed by atoms with Crippen LogP contribution in [0.1, 0.15) is 0 Å². The predicted molar refractivity (Wildman–Crippen MR) is 128 cm³/mol. The van der Waals surface area contributed by atoms with Gasteiger partial charge in [0.2, 0.25) is 10.9 Å². The normalized spacial score (nSPS) is 12.6. The van der Waals surface area contributed by atoms with E-state index in [1.54, 1.807) is 0 Å². The van der Waals surface area contributed by atoms with E-state index in [1.165, 1.54) is 0 Å². The molecule has 4 heteroatoms. The first-order chi connectivity index (χ1) is 15.7. The quantitative estimate of drug-likeness (QED) is 0.284. The van der Waals surface area contributed by atoms with Gasteiger partial charge in [0.1, 0.15) is 11.2 Å².